The molecule has 0 spiro atoms. The molecule has 1 saturated heterocycles. The summed E-state index contributed by atoms with van der Waals surface area (Å²) in [5.74, 6) is 1.01. The third-order valence-corrected chi connectivity index (χ3v) is 5.80. The maximum atomic E-state index is 11.2. The Morgan fingerprint density at radius 2 is 2.08 bits per heavy atom. The molecule has 2 aromatic rings. The highest BCUT2D eigenvalue weighted by atomic mass is 79.9. The van der Waals surface area contributed by atoms with E-state index < -0.39 is 12.0 Å². The molecule has 1 aliphatic rings. The Bertz CT molecular complexity index is 772. The minimum atomic E-state index is -0.827. The normalized spacial score (nSPS) is 19.3. The van der Waals surface area contributed by atoms with Gasteiger partial charge in [-0.1, -0.05) is 30.3 Å². The van der Waals surface area contributed by atoms with Gasteiger partial charge in [-0.3, -0.25) is 10.1 Å². The summed E-state index contributed by atoms with van der Waals surface area (Å²) in [6.07, 6.45) is 0. The van der Waals surface area contributed by atoms with Crippen LogP contribution < -0.4 is 14.8 Å². The van der Waals surface area contributed by atoms with Crippen molar-refractivity contribution >= 4 is 33.7 Å². The molecule has 5 nitrogen and oxygen atoms in total. The zero-order chi connectivity index (χ0) is 18.5. The minimum absolute atomic E-state index is 0.0882. The van der Waals surface area contributed by atoms with Gasteiger partial charge in [0.05, 0.1) is 16.5 Å². The standard InChI is InChI=1S/C19H20BrNO4S/c1-2-24-16-9-13(18-21-15(11-26-18)19(22)23)8-14(20)17(16)25-10-12-6-4-3-5-7-12/h3-9,15,18,21H,2,10-11H2,1H3,(H,22,23). The fraction of sp³-hybridized carbons (Fsp3) is 0.316. The van der Waals surface area contributed by atoms with Crippen LogP contribution >= 0.6 is 27.7 Å². The van der Waals surface area contributed by atoms with Gasteiger partial charge < -0.3 is 14.6 Å². The molecule has 0 amide bonds. The van der Waals surface area contributed by atoms with Crippen LogP contribution in [0.1, 0.15) is 23.4 Å². The van der Waals surface area contributed by atoms with Gasteiger partial charge in [-0.25, -0.2) is 0 Å². The van der Waals surface area contributed by atoms with Crippen molar-refractivity contribution in [2.75, 3.05) is 12.4 Å². The van der Waals surface area contributed by atoms with E-state index in [1.807, 2.05) is 49.4 Å². The number of halogens is 1. The molecule has 3 rings (SSSR count). The number of aliphatic carboxylic acids is 1. The Morgan fingerprint density at radius 3 is 2.73 bits per heavy atom. The van der Waals surface area contributed by atoms with E-state index in [1.54, 1.807) is 11.8 Å². The minimum Gasteiger partial charge on any atom is -0.490 e. The van der Waals surface area contributed by atoms with Gasteiger partial charge in [0.1, 0.15) is 12.6 Å². The molecule has 0 bridgehead atoms. The number of benzene rings is 2. The second kappa shape index (κ2) is 8.79. The van der Waals surface area contributed by atoms with Crippen molar-refractivity contribution < 1.29 is 19.4 Å². The Balaban J connectivity index is 1.80. The third kappa shape index (κ3) is 4.52. The maximum Gasteiger partial charge on any atom is 0.321 e. The van der Waals surface area contributed by atoms with Crippen LogP contribution in [0.5, 0.6) is 11.5 Å². The first-order valence-corrected chi connectivity index (χ1v) is 10.2. The van der Waals surface area contributed by atoms with Crippen LogP contribution in [0.2, 0.25) is 0 Å². The second-order valence-electron chi connectivity index (χ2n) is 5.81. The lowest BCUT2D eigenvalue weighted by molar-refractivity contribution is -0.138. The number of hydrogen-bond acceptors (Lipinski definition) is 5. The summed E-state index contributed by atoms with van der Waals surface area (Å²) >= 11 is 5.15. The number of carbonyl (C=O) groups is 1. The fourth-order valence-electron chi connectivity index (χ4n) is 2.68. The Hall–Kier alpha value is -1.70. The van der Waals surface area contributed by atoms with Crippen LogP contribution in [0.25, 0.3) is 0 Å². The molecule has 2 atom stereocenters. The predicted molar refractivity (Wildman–Crippen MR) is 106 cm³/mol. The highest BCUT2D eigenvalue weighted by Crippen LogP contribution is 2.42. The number of ether oxygens (including phenoxy) is 2. The van der Waals surface area contributed by atoms with Gasteiger partial charge in [-0.05, 0) is 46.1 Å². The van der Waals surface area contributed by atoms with Crippen molar-refractivity contribution in [2.45, 2.75) is 24.9 Å². The van der Waals surface area contributed by atoms with Crippen LogP contribution in [0.4, 0.5) is 0 Å². The van der Waals surface area contributed by atoms with Crippen molar-refractivity contribution in [1.29, 1.82) is 0 Å². The monoisotopic (exact) mass is 437 g/mol. The molecule has 7 heteroatoms. The number of thioether (sulfide) groups is 1. The molecule has 0 saturated carbocycles. The van der Waals surface area contributed by atoms with Crippen LogP contribution in [0.15, 0.2) is 46.9 Å². The largest absolute Gasteiger partial charge is 0.490 e. The SMILES string of the molecule is CCOc1cc(C2NC(C(=O)O)CS2)cc(Br)c1OCc1ccccc1. The Labute approximate surface area is 165 Å². The smallest absolute Gasteiger partial charge is 0.321 e. The summed E-state index contributed by atoms with van der Waals surface area (Å²) in [5.41, 5.74) is 2.03. The van der Waals surface area contributed by atoms with Gasteiger partial charge in [0.15, 0.2) is 11.5 Å². The van der Waals surface area contributed by atoms with Gasteiger partial charge in [0.25, 0.3) is 0 Å². The van der Waals surface area contributed by atoms with Crippen molar-refractivity contribution in [3.63, 3.8) is 0 Å². The van der Waals surface area contributed by atoms with Gasteiger partial charge in [-0.15, -0.1) is 11.8 Å². The average molecular weight is 438 g/mol. The van der Waals surface area contributed by atoms with Gasteiger partial charge in [0.2, 0.25) is 0 Å². The van der Waals surface area contributed by atoms with Crippen molar-refractivity contribution in [2.24, 2.45) is 0 Å². The van der Waals surface area contributed by atoms with Gasteiger partial charge in [0, 0.05) is 5.75 Å². The number of carboxylic acids is 1. The van der Waals surface area contributed by atoms with Crippen LogP contribution in [-0.2, 0) is 11.4 Å². The number of carboxylic acid groups (broad SMARTS) is 1. The molecule has 0 aromatic heterocycles. The lowest BCUT2D eigenvalue weighted by Gasteiger charge is -2.18. The number of rotatable bonds is 7. The van der Waals surface area contributed by atoms with E-state index in [2.05, 4.69) is 21.2 Å². The lowest BCUT2D eigenvalue weighted by atomic mass is 10.2. The van der Waals surface area contributed by atoms with E-state index in [-0.39, 0.29) is 5.37 Å². The molecule has 1 fully saturated rings. The topological polar surface area (TPSA) is 67.8 Å². The summed E-state index contributed by atoms with van der Waals surface area (Å²) in [6, 6.07) is 13.3. The second-order valence-corrected chi connectivity index (χ2v) is 7.80. The zero-order valence-corrected chi connectivity index (χ0v) is 16.7. The first-order chi connectivity index (χ1) is 12.6. The zero-order valence-electron chi connectivity index (χ0n) is 14.3. The van der Waals surface area contributed by atoms with Gasteiger partial charge >= 0.3 is 5.97 Å². The average Bonchev–Trinajstić information content (AvgIpc) is 3.12. The molecule has 0 aliphatic carbocycles. The van der Waals surface area contributed by atoms with Crippen LogP contribution in [0, 0.1) is 0 Å². The van der Waals surface area contributed by atoms with Crippen LogP contribution in [0.3, 0.4) is 0 Å². The molecular weight excluding hydrogens is 418 g/mol. The highest BCUT2D eigenvalue weighted by molar-refractivity contribution is 9.10. The Morgan fingerprint density at radius 1 is 1.31 bits per heavy atom. The summed E-state index contributed by atoms with van der Waals surface area (Å²) in [7, 11) is 0. The van der Waals surface area contributed by atoms with Crippen molar-refractivity contribution in [3.8, 4) is 11.5 Å². The molecule has 0 radical (unpaired) electrons. The number of nitrogens with one attached hydrogen (secondary N) is 1. The van der Waals surface area contributed by atoms with E-state index in [1.165, 1.54) is 0 Å². The van der Waals surface area contributed by atoms with Crippen molar-refractivity contribution in [3.05, 3.63) is 58.1 Å². The fourth-order valence-corrected chi connectivity index (χ4v) is 4.47. The molecule has 1 aliphatic heterocycles. The summed E-state index contributed by atoms with van der Waals surface area (Å²) in [5, 5.41) is 12.2. The van der Waals surface area contributed by atoms with E-state index in [4.69, 9.17) is 14.6 Å². The van der Waals surface area contributed by atoms with Crippen molar-refractivity contribution in [1.82, 2.24) is 5.32 Å². The van der Waals surface area contributed by atoms with E-state index in [0.717, 1.165) is 15.6 Å². The molecule has 2 N–H and O–H groups in total. The van der Waals surface area contributed by atoms with Gasteiger partial charge in [-0.2, -0.15) is 0 Å². The number of hydrogen-bond donors (Lipinski definition) is 2. The Kier molecular flexibility index (Phi) is 6.45. The quantitative estimate of drug-likeness (QED) is 0.675. The first-order valence-electron chi connectivity index (χ1n) is 8.32. The van der Waals surface area contributed by atoms with E-state index >= 15 is 0 Å². The van der Waals surface area contributed by atoms with E-state index in [0.29, 0.717) is 30.5 Å². The molecule has 1 heterocycles. The molecule has 2 aromatic carbocycles. The highest BCUT2D eigenvalue weighted by Gasteiger charge is 2.31. The lowest BCUT2D eigenvalue weighted by Crippen LogP contribution is -2.33. The molecule has 26 heavy (non-hydrogen) atoms. The predicted octanol–water partition coefficient (Wildman–Crippen LogP) is 4.22. The molecule has 138 valence electrons. The maximum absolute atomic E-state index is 11.2. The van der Waals surface area contributed by atoms with E-state index in [9.17, 15) is 4.79 Å². The molecule has 2 unspecified atom stereocenters. The van der Waals surface area contributed by atoms with Crippen LogP contribution in [-0.4, -0.2) is 29.5 Å². The first kappa shape index (κ1) is 19.1. The summed E-state index contributed by atoms with van der Waals surface area (Å²) in [4.78, 5) is 11.2. The third-order valence-electron chi connectivity index (χ3n) is 3.94. The molecular formula is C19H20BrNO4S. The summed E-state index contributed by atoms with van der Waals surface area (Å²) in [6.45, 7) is 2.88. The summed E-state index contributed by atoms with van der Waals surface area (Å²) < 4.78 is 12.6.